The second-order valence-corrected chi connectivity index (χ2v) is 6.61. The molecule has 1 unspecified atom stereocenters. The molecule has 7 heteroatoms. The number of aliphatic carboxylic acids is 1. The lowest BCUT2D eigenvalue weighted by atomic mass is 10.1. The first kappa shape index (κ1) is 14.6. The van der Waals surface area contributed by atoms with E-state index in [9.17, 15) is 13.2 Å². The molecule has 1 rings (SSSR count). The lowest BCUT2D eigenvalue weighted by Crippen LogP contribution is -2.28. The summed E-state index contributed by atoms with van der Waals surface area (Å²) in [6.07, 6.45) is 0. The van der Waals surface area contributed by atoms with E-state index >= 15 is 0 Å². The predicted molar refractivity (Wildman–Crippen MR) is 72.1 cm³/mol. The molecular formula is C11H13NO4S2. The summed E-state index contributed by atoms with van der Waals surface area (Å²) in [5.74, 6) is -1.71. The van der Waals surface area contributed by atoms with Crippen molar-refractivity contribution in [1.29, 1.82) is 0 Å². The fraction of sp³-hybridized carbons (Fsp3) is 0.273. The highest BCUT2D eigenvalue weighted by molar-refractivity contribution is 7.92. The van der Waals surface area contributed by atoms with E-state index in [4.69, 9.17) is 23.1 Å². The molecule has 0 spiro atoms. The Labute approximate surface area is 111 Å². The number of hydrogen-bond donors (Lipinski definition) is 2. The Morgan fingerprint density at radius 1 is 1.50 bits per heavy atom. The van der Waals surface area contributed by atoms with E-state index in [2.05, 4.69) is 0 Å². The van der Waals surface area contributed by atoms with Crippen LogP contribution in [0, 0.1) is 0 Å². The SMILES string of the molecule is CC(C(=O)O)S(=O)(=O)Cc1cccc(C(N)=S)c1. The van der Waals surface area contributed by atoms with E-state index < -0.39 is 21.1 Å². The van der Waals surface area contributed by atoms with Crippen molar-refractivity contribution in [1.82, 2.24) is 0 Å². The van der Waals surface area contributed by atoms with Crippen LogP contribution in [0.15, 0.2) is 24.3 Å². The monoisotopic (exact) mass is 287 g/mol. The maximum Gasteiger partial charge on any atom is 0.321 e. The van der Waals surface area contributed by atoms with Crippen molar-refractivity contribution in [3.63, 3.8) is 0 Å². The number of carboxylic acid groups (broad SMARTS) is 1. The molecule has 18 heavy (non-hydrogen) atoms. The van der Waals surface area contributed by atoms with Crippen LogP contribution in [-0.4, -0.2) is 29.7 Å². The normalized spacial score (nSPS) is 12.9. The largest absolute Gasteiger partial charge is 0.480 e. The van der Waals surface area contributed by atoms with E-state index in [1.165, 1.54) is 0 Å². The van der Waals surface area contributed by atoms with Crippen molar-refractivity contribution in [3.05, 3.63) is 35.4 Å². The van der Waals surface area contributed by atoms with E-state index in [1.807, 2.05) is 0 Å². The quantitative estimate of drug-likeness (QED) is 0.774. The highest BCUT2D eigenvalue weighted by Gasteiger charge is 2.27. The van der Waals surface area contributed by atoms with Gasteiger partial charge >= 0.3 is 5.97 Å². The third-order valence-electron chi connectivity index (χ3n) is 2.47. The minimum Gasteiger partial charge on any atom is -0.480 e. The summed E-state index contributed by atoms with van der Waals surface area (Å²) >= 11 is 4.79. The average Bonchev–Trinajstić information content (AvgIpc) is 2.27. The molecule has 0 radical (unpaired) electrons. The van der Waals surface area contributed by atoms with Crippen LogP contribution in [-0.2, 0) is 20.4 Å². The van der Waals surface area contributed by atoms with Crippen molar-refractivity contribution in [3.8, 4) is 0 Å². The van der Waals surface area contributed by atoms with E-state index in [0.717, 1.165) is 6.92 Å². The van der Waals surface area contributed by atoms with Gasteiger partial charge in [-0.3, -0.25) is 4.79 Å². The van der Waals surface area contributed by atoms with Crippen LogP contribution in [0.3, 0.4) is 0 Å². The predicted octanol–water partition coefficient (Wildman–Crippen LogP) is 0.709. The van der Waals surface area contributed by atoms with Crippen LogP contribution in [0.1, 0.15) is 18.1 Å². The van der Waals surface area contributed by atoms with E-state index in [-0.39, 0.29) is 10.7 Å². The van der Waals surface area contributed by atoms with Gasteiger partial charge < -0.3 is 10.8 Å². The van der Waals surface area contributed by atoms with Gasteiger partial charge in [-0.2, -0.15) is 0 Å². The first-order valence-electron chi connectivity index (χ1n) is 5.07. The third-order valence-corrected chi connectivity index (χ3v) is 4.72. The molecule has 1 aromatic carbocycles. The lowest BCUT2D eigenvalue weighted by Gasteiger charge is -2.09. The Bertz CT molecular complexity index is 580. The first-order valence-corrected chi connectivity index (χ1v) is 7.19. The highest BCUT2D eigenvalue weighted by atomic mass is 32.2. The standard InChI is InChI=1S/C11H13NO4S2/c1-7(11(13)14)18(15,16)6-8-3-2-4-9(5-8)10(12)17/h2-5,7H,6H2,1H3,(H2,12,17)(H,13,14). The number of sulfone groups is 1. The molecule has 3 N–H and O–H groups in total. The molecule has 0 aliphatic carbocycles. The third kappa shape index (κ3) is 3.51. The van der Waals surface area contributed by atoms with Gasteiger partial charge in [0.2, 0.25) is 0 Å². The molecular weight excluding hydrogens is 274 g/mol. The summed E-state index contributed by atoms with van der Waals surface area (Å²) in [6.45, 7) is 1.15. The van der Waals surface area contributed by atoms with Gasteiger partial charge in [-0.1, -0.05) is 30.4 Å². The molecule has 0 saturated heterocycles. The maximum atomic E-state index is 11.8. The zero-order valence-electron chi connectivity index (χ0n) is 9.66. The molecule has 5 nitrogen and oxygen atoms in total. The molecule has 0 aliphatic heterocycles. The maximum absolute atomic E-state index is 11.8. The van der Waals surface area contributed by atoms with Gasteiger partial charge in [-0.25, -0.2) is 8.42 Å². The van der Waals surface area contributed by atoms with Gasteiger partial charge in [0.05, 0.1) is 5.75 Å². The van der Waals surface area contributed by atoms with Gasteiger partial charge in [0.15, 0.2) is 15.1 Å². The topological polar surface area (TPSA) is 97.5 Å². The van der Waals surface area contributed by atoms with Crippen molar-refractivity contribution in [2.24, 2.45) is 5.73 Å². The second kappa shape index (κ2) is 5.45. The summed E-state index contributed by atoms with van der Waals surface area (Å²) in [5.41, 5.74) is 6.46. The zero-order chi connectivity index (χ0) is 13.9. The number of thiocarbonyl (C=S) groups is 1. The number of hydrogen-bond acceptors (Lipinski definition) is 4. The van der Waals surface area contributed by atoms with Crippen LogP contribution in [0.4, 0.5) is 0 Å². The van der Waals surface area contributed by atoms with Crippen LogP contribution in [0.2, 0.25) is 0 Å². The molecule has 0 amide bonds. The number of rotatable bonds is 5. The van der Waals surface area contributed by atoms with Crippen LogP contribution >= 0.6 is 12.2 Å². The highest BCUT2D eigenvalue weighted by Crippen LogP contribution is 2.13. The fourth-order valence-electron chi connectivity index (χ4n) is 1.33. The van der Waals surface area contributed by atoms with Gasteiger partial charge in [0.25, 0.3) is 0 Å². The van der Waals surface area contributed by atoms with Gasteiger partial charge in [-0.05, 0) is 18.6 Å². The van der Waals surface area contributed by atoms with Crippen molar-refractivity contribution in [2.45, 2.75) is 17.9 Å². The van der Waals surface area contributed by atoms with Crippen LogP contribution in [0.5, 0.6) is 0 Å². The number of carboxylic acids is 1. The van der Waals surface area contributed by atoms with Crippen molar-refractivity contribution in [2.75, 3.05) is 0 Å². The molecule has 0 heterocycles. The summed E-state index contributed by atoms with van der Waals surface area (Å²) in [5, 5.41) is 7.28. The van der Waals surface area contributed by atoms with Crippen molar-refractivity contribution >= 4 is 33.0 Å². The number of carbonyl (C=O) groups is 1. The van der Waals surface area contributed by atoms with E-state index in [0.29, 0.717) is 11.1 Å². The van der Waals surface area contributed by atoms with Gasteiger partial charge in [-0.15, -0.1) is 0 Å². The summed E-state index contributed by atoms with van der Waals surface area (Å²) in [4.78, 5) is 10.9. The average molecular weight is 287 g/mol. The summed E-state index contributed by atoms with van der Waals surface area (Å²) in [6, 6.07) is 6.44. The van der Waals surface area contributed by atoms with Crippen LogP contribution < -0.4 is 5.73 Å². The van der Waals surface area contributed by atoms with Gasteiger partial charge in [0.1, 0.15) is 4.99 Å². The molecule has 1 atom stereocenters. The van der Waals surface area contributed by atoms with Crippen molar-refractivity contribution < 1.29 is 18.3 Å². The minimum absolute atomic E-state index is 0.167. The fourth-order valence-corrected chi connectivity index (χ4v) is 2.65. The van der Waals surface area contributed by atoms with Gasteiger partial charge in [0, 0.05) is 5.56 Å². The Balaban J connectivity index is 3.01. The summed E-state index contributed by atoms with van der Waals surface area (Å²) < 4.78 is 23.6. The molecule has 0 aromatic heterocycles. The second-order valence-electron chi connectivity index (χ2n) is 3.85. The minimum atomic E-state index is -3.74. The van der Waals surface area contributed by atoms with E-state index in [1.54, 1.807) is 24.3 Å². The Hall–Kier alpha value is -1.47. The molecule has 0 fully saturated rings. The molecule has 0 bridgehead atoms. The Kier molecular flexibility index (Phi) is 4.42. The summed E-state index contributed by atoms with van der Waals surface area (Å²) in [7, 11) is -3.74. The Morgan fingerprint density at radius 2 is 2.11 bits per heavy atom. The molecule has 98 valence electrons. The molecule has 0 saturated carbocycles. The zero-order valence-corrected chi connectivity index (χ0v) is 11.3. The van der Waals surface area contributed by atoms with Crippen LogP contribution in [0.25, 0.3) is 0 Å². The Morgan fingerprint density at radius 3 is 2.61 bits per heavy atom. The molecule has 0 aliphatic rings. The molecule has 1 aromatic rings. The smallest absolute Gasteiger partial charge is 0.321 e. The lowest BCUT2D eigenvalue weighted by molar-refractivity contribution is -0.136. The first-order chi connectivity index (χ1) is 8.24. The number of nitrogens with two attached hydrogens (primary N) is 1. The number of benzene rings is 1.